The number of hydrogen-bond donors (Lipinski definition) is 1. The molecule has 0 heterocycles. The van der Waals surface area contributed by atoms with Crippen LogP contribution in [0.2, 0.25) is 5.02 Å². The lowest BCUT2D eigenvalue weighted by molar-refractivity contribution is -0.123. The molecule has 0 bridgehead atoms. The lowest BCUT2D eigenvalue weighted by Crippen LogP contribution is -2.31. The zero-order valence-corrected chi connectivity index (χ0v) is 17.0. The van der Waals surface area contributed by atoms with Crippen LogP contribution in [-0.4, -0.2) is 23.8 Å². The van der Waals surface area contributed by atoms with Crippen LogP contribution in [0.25, 0.3) is 0 Å². The second kappa shape index (κ2) is 9.49. The van der Waals surface area contributed by atoms with Crippen LogP contribution in [0.1, 0.15) is 33.2 Å². The molecule has 1 amide bonds. The van der Waals surface area contributed by atoms with Gasteiger partial charge in [-0.1, -0.05) is 35.9 Å². The summed E-state index contributed by atoms with van der Waals surface area (Å²) in [7, 11) is 0. The molecule has 0 radical (unpaired) electrons. The Morgan fingerprint density at radius 2 is 1.45 bits per heavy atom. The third-order valence-electron chi connectivity index (χ3n) is 4.36. The molecule has 0 saturated heterocycles. The first-order chi connectivity index (χ1) is 14.8. The van der Waals surface area contributed by atoms with Gasteiger partial charge in [0.1, 0.15) is 17.3 Å². The molecular weight excluding hydrogens is 428 g/mol. The molecule has 1 unspecified atom stereocenters. The zero-order valence-electron chi connectivity index (χ0n) is 16.2. The second-order valence-corrected chi connectivity index (χ2v) is 6.95. The molecule has 3 aromatic rings. The normalized spacial score (nSPS) is 11.5. The van der Waals surface area contributed by atoms with Crippen molar-refractivity contribution in [3.8, 4) is 0 Å². The second-order valence-electron chi connectivity index (χ2n) is 6.52. The summed E-state index contributed by atoms with van der Waals surface area (Å²) in [5, 5.41) is 2.51. The quantitative estimate of drug-likeness (QED) is 0.428. The van der Waals surface area contributed by atoms with Gasteiger partial charge in [0.05, 0.1) is 5.56 Å². The van der Waals surface area contributed by atoms with Crippen molar-refractivity contribution in [3.05, 3.63) is 100 Å². The molecule has 0 aliphatic rings. The Labute approximate surface area is 181 Å². The summed E-state index contributed by atoms with van der Waals surface area (Å²) in [6, 6.07) is 15.2. The highest BCUT2D eigenvalue weighted by atomic mass is 35.5. The number of carbonyl (C=O) groups is 3. The van der Waals surface area contributed by atoms with Crippen LogP contribution in [-0.2, 0) is 9.53 Å². The fourth-order valence-electron chi connectivity index (χ4n) is 2.74. The van der Waals surface area contributed by atoms with E-state index in [1.165, 1.54) is 37.3 Å². The smallest absolute Gasteiger partial charge is 0.339 e. The maximum absolute atomic E-state index is 13.7. The standard InChI is InChI=1S/C23H16ClF2NO4/c1-13(22(29)27-20-18(25)7-4-8-19(20)26)31-23(30)17-6-3-2-5-16(17)21(28)14-9-11-15(24)12-10-14/h2-13H,1H3,(H,27,29). The molecule has 31 heavy (non-hydrogen) atoms. The predicted molar refractivity (Wildman–Crippen MR) is 111 cm³/mol. The van der Waals surface area contributed by atoms with Gasteiger partial charge in [0, 0.05) is 16.1 Å². The van der Waals surface area contributed by atoms with Crippen molar-refractivity contribution in [2.24, 2.45) is 0 Å². The molecule has 158 valence electrons. The van der Waals surface area contributed by atoms with Crippen molar-refractivity contribution < 1.29 is 27.9 Å². The van der Waals surface area contributed by atoms with E-state index >= 15 is 0 Å². The molecule has 0 aliphatic carbocycles. The van der Waals surface area contributed by atoms with Gasteiger partial charge in [0.25, 0.3) is 5.91 Å². The molecule has 5 nitrogen and oxygen atoms in total. The van der Waals surface area contributed by atoms with Crippen LogP contribution >= 0.6 is 11.6 Å². The van der Waals surface area contributed by atoms with Gasteiger partial charge in [-0.3, -0.25) is 9.59 Å². The summed E-state index contributed by atoms with van der Waals surface area (Å²) in [5.74, 6) is -4.24. The summed E-state index contributed by atoms with van der Waals surface area (Å²) in [6.45, 7) is 1.25. The van der Waals surface area contributed by atoms with Crippen LogP contribution < -0.4 is 5.32 Å². The van der Waals surface area contributed by atoms with Crippen LogP contribution in [0, 0.1) is 11.6 Å². The maximum Gasteiger partial charge on any atom is 0.339 e. The van der Waals surface area contributed by atoms with E-state index in [2.05, 4.69) is 5.32 Å². The number of rotatable bonds is 6. The number of ketones is 1. The van der Waals surface area contributed by atoms with E-state index in [0.29, 0.717) is 10.6 Å². The van der Waals surface area contributed by atoms with E-state index < -0.39 is 41.1 Å². The summed E-state index contributed by atoms with van der Waals surface area (Å²) in [5.41, 5.74) is -0.319. The van der Waals surface area contributed by atoms with Crippen LogP contribution in [0.4, 0.5) is 14.5 Å². The SMILES string of the molecule is CC(OC(=O)c1ccccc1C(=O)c1ccc(Cl)cc1)C(=O)Nc1c(F)cccc1F. The summed E-state index contributed by atoms with van der Waals surface area (Å²) in [4.78, 5) is 37.7. The lowest BCUT2D eigenvalue weighted by atomic mass is 9.98. The monoisotopic (exact) mass is 443 g/mol. The molecule has 1 atom stereocenters. The fraction of sp³-hybridized carbons (Fsp3) is 0.0870. The minimum absolute atomic E-state index is 0.0563. The number of nitrogens with one attached hydrogen (secondary N) is 1. The molecule has 8 heteroatoms. The van der Waals surface area contributed by atoms with E-state index in [9.17, 15) is 23.2 Å². The average Bonchev–Trinajstić information content (AvgIpc) is 2.76. The van der Waals surface area contributed by atoms with Crippen molar-refractivity contribution in [1.82, 2.24) is 0 Å². The molecule has 0 saturated carbocycles. The largest absolute Gasteiger partial charge is 0.449 e. The van der Waals surface area contributed by atoms with Gasteiger partial charge in [-0.05, 0) is 49.4 Å². The third-order valence-corrected chi connectivity index (χ3v) is 4.61. The molecule has 3 aromatic carbocycles. The zero-order chi connectivity index (χ0) is 22.5. The van der Waals surface area contributed by atoms with Crippen LogP contribution in [0.15, 0.2) is 66.7 Å². The molecule has 3 rings (SSSR count). The molecule has 0 spiro atoms. The molecule has 0 aliphatic heterocycles. The van der Waals surface area contributed by atoms with Gasteiger partial charge in [0.15, 0.2) is 11.9 Å². The van der Waals surface area contributed by atoms with Gasteiger partial charge in [-0.2, -0.15) is 0 Å². The topological polar surface area (TPSA) is 72.5 Å². The summed E-state index contributed by atoms with van der Waals surface area (Å²) >= 11 is 5.84. The number of hydrogen-bond acceptors (Lipinski definition) is 4. The number of ether oxygens (including phenoxy) is 1. The lowest BCUT2D eigenvalue weighted by Gasteiger charge is -2.15. The molecule has 0 fully saturated rings. The first kappa shape index (κ1) is 22.1. The Morgan fingerprint density at radius 3 is 2.06 bits per heavy atom. The van der Waals surface area contributed by atoms with Gasteiger partial charge in [-0.25, -0.2) is 13.6 Å². The van der Waals surface area contributed by atoms with Crippen molar-refractivity contribution in [2.45, 2.75) is 13.0 Å². The average molecular weight is 444 g/mol. The Hall–Kier alpha value is -3.58. The minimum atomic E-state index is -1.38. The van der Waals surface area contributed by atoms with E-state index in [0.717, 1.165) is 18.2 Å². The van der Waals surface area contributed by atoms with Crippen LogP contribution in [0.5, 0.6) is 0 Å². The van der Waals surface area contributed by atoms with Gasteiger partial charge < -0.3 is 10.1 Å². The van der Waals surface area contributed by atoms with E-state index in [1.54, 1.807) is 18.2 Å². The van der Waals surface area contributed by atoms with E-state index in [1.807, 2.05) is 0 Å². The van der Waals surface area contributed by atoms with Gasteiger partial charge in [-0.15, -0.1) is 0 Å². The molecular formula is C23H16ClF2NO4. The number of benzene rings is 3. The fourth-order valence-corrected chi connectivity index (χ4v) is 2.86. The van der Waals surface area contributed by atoms with E-state index in [4.69, 9.17) is 16.3 Å². The number of esters is 1. The third kappa shape index (κ3) is 5.13. The Kier molecular flexibility index (Phi) is 6.77. The minimum Gasteiger partial charge on any atom is -0.449 e. The highest BCUT2D eigenvalue weighted by molar-refractivity contribution is 6.30. The summed E-state index contributed by atoms with van der Waals surface area (Å²) in [6.07, 6.45) is -1.38. The number of halogens is 3. The Morgan fingerprint density at radius 1 is 0.871 bits per heavy atom. The number of para-hydroxylation sites is 1. The van der Waals surface area contributed by atoms with Crippen molar-refractivity contribution in [3.63, 3.8) is 0 Å². The predicted octanol–water partition coefficient (Wildman–Crippen LogP) is 5.03. The van der Waals surface area contributed by atoms with Crippen molar-refractivity contribution >= 4 is 34.9 Å². The maximum atomic E-state index is 13.7. The highest BCUT2D eigenvalue weighted by Crippen LogP contribution is 2.20. The first-order valence-corrected chi connectivity index (χ1v) is 9.51. The Balaban J connectivity index is 1.77. The number of amides is 1. The molecule has 1 N–H and O–H groups in total. The van der Waals surface area contributed by atoms with E-state index in [-0.39, 0.29) is 11.1 Å². The number of anilines is 1. The Bertz CT molecular complexity index is 1130. The highest BCUT2D eigenvalue weighted by Gasteiger charge is 2.24. The van der Waals surface area contributed by atoms with Gasteiger partial charge in [0.2, 0.25) is 0 Å². The molecule has 0 aromatic heterocycles. The number of carbonyl (C=O) groups excluding carboxylic acids is 3. The van der Waals surface area contributed by atoms with Crippen molar-refractivity contribution in [1.29, 1.82) is 0 Å². The van der Waals surface area contributed by atoms with Gasteiger partial charge >= 0.3 is 5.97 Å². The summed E-state index contributed by atoms with van der Waals surface area (Å²) < 4.78 is 32.6. The van der Waals surface area contributed by atoms with Crippen molar-refractivity contribution in [2.75, 3.05) is 5.32 Å². The van der Waals surface area contributed by atoms with Crippen LogP contribution in [0.3, 0.4) is 0 Å². The first-order valence-electron chi connectivity index (χ1n) is 9.13.